The van der Waals surface area contributed by atoms with Crippen LogP contribution in [-0.4, -0.2) is 37.5 Å². The van der Waals surface area contributed by atoms with Gasteiger partial charge in [-0.1, -0.05) is 12.0 Å². The molecule has 3 aromatic carbocycles. The summed E-state index contributed by atoms with van der Waals surface area (Å²) in [5.74, 6) is -0.390. The largest absolute Gasteiger partial charge is 0.507 e. The first-order valence-electron chi connectivity index (χ1n) is 9.44. The van der Waals surface area contributed by atoms with Gasteiger partial charge in [-0.25, -0.2) is 13.7 Å². The Hall–Kier alpha value is -2.79. The summed E-state index contributed by atoms with van der Waals surface area (Å²) >= 11 is 0.511. The Morgan fingerprint density at radius 1 is 1.06 bits per heavy atom. The first-order valence-corrected chi connectivity index (χ1v) is 13.3. The molecule has 3 rings (SSSR count). The lowest BCUT2D eigenvalue weighted by Gasteiger charge is -2.12. The second kappa shape index (κ2) is 10.2. The van der Waals surface area contributed by atoms with Crippen molar-refractivity contribution in [3.8, 4) is 5.75 Å². The molecule has 0 aliphatic rings. The molecular weight excluding hydrogens is 510 g/mol. The number of anilines is 1. The monoisotopic (exact) mass is 529 g/mol. The smallest absolute Gasteiger partial charge is 0.296 e. The Kier molecular flexibility index (Phi) is 7.77. The van der Waals surface area contributed by atoms with Gasteiger partial charge in [0.25, 0.3) is 10.1 Å². The summed E-state index contributed by atoms with van der Waals surface area (Å²) in [6.07, 6.45) is 0.461. The van der Waals surface area contributed by atoms with Crippen molar-refractivity contribution in [2.24, 2.45) is 10.2 Å². The van der Waals surface area contributed by atoms with Crippen molar-refractivity contribution in [1.82, 2.24) is 0 Å². The number of phenolic OH excluding ortho intramolecular Hbond substituents is 1. The number of aromatic hydroxyl groups is 1. The molecule has 0 aliphatic heterocycles. The van der Waals surface area contributed by atoms with Crippen molar-refractivity contribution >= 4 is 59.8 Å². The minimum absolute atomic E-state index is 0.00612. The predicted octanol–water partition coefficient (Wildman–Crippen LogP) is 4.40. The summed E-state index contributed by atoms with van der Waals surface area (Å²) in [4.78, 5) is -0.351. The number of sulfone groups is 1. The number of hydrogen-bond donors (Lipinski definition) is 4. The molecule has 0 aliphatic carbocycles. The fourth-order valence-electron chi connectivity index (χ4n) is 3.10. The Labute approximate surface area is 198 Å². The molecule has 34 heavy (non-hydrogen) atoms. The standard InChI is InChI=1S/C19H19N3O9S3/c1-2-7-33(25,26)14-5-3-12(4-6-14)21-22-19-17-11(9-16(18(19)20)34(27,28)29)8-13(10-15(17)23)32-31-30-24/h3-6,8-10,23-24H,2,7,20H2,1H3,(H,27,28,29). The highest BCUT2D eigenvalue weighted by atomic mass is 32.2. The first kappa shape index (κ1) is 25.8. The molecule has 0 unspecified atom stereocenters. The van der Waals surface area contributed by atoms with Crippen LogP contribution in [0.25, 0.3) is 10.8 Å². The lowest BCUT2D eigenvalue weighted by molar-refractivity contribution is -0.432. The molecule has 0 atom stereocenters. The first-order chi connectivity index (χ1) is 16.0. The molecule has 12 nitrogen and oxygen atoms in total. The quantitative estimate of drug-likeness (QED) is 0.0764. The van der Waals surface area contributed by atoms with Gasteiger partial charge in [0.15, 0.2) is 9.84 Å². The summed E-state index contributed by atoms with van der Waals surface area (Å²) in [7, 11) is -8.20. The van der Waals surface area contributed by atoms with Crippen LogP contribution in [0.3, 0.4) is 0 Å². The van der Waals surface area contributed by atoms with Crippen LogP contribution in [0.5, 0.6) is 5.75 Å². The van der Waals surface area contributed by atoms with Gasteiger partial charge >= 0.3 is 0 Å². The second-order valence-corrected chi connectivity index (χ2v) is 11.2. The van der Waals surface area contributed by atoms with E-state index in [9.17, 15) is 26.5 Å². The van der Waals surface area contributed by atoms with E-state index >= 15 is 0 Å². The molecule has 0 radical (unpaired) electrons. The van der Waals surface area contributed by atoms with E-state index in [2.05, 4.69) is 19.6 Å². The van der Waals surface area contributed by atoms with Crippen LogP contribution in [0.1, 0.15) is 13.3 Å². The highest BCUT2D eigenvalue weighted by Gasteiger charge is 2.22. The average molecular weight is 530 g/mol. The summed E-state index contributed by atoms with van der Waals surface area (Å²) in [6, 6.07) is 9.12. The number of hydrogen-bond acceptors (Lipinski definition) is 12. The van der Waals surface area contributed by atoms with Gasteiger partial charge in [0.1, 0.15) is 16.3 Å². The molecule has 0 saturated carbocycles. The van der Waals surface area contributed by atoms with E-state index in [-0.39, 0.29) is 43.4 Å². The summed E-state index contributed by atoms with van der Waals surface area (Å²) in [5.41, 5.74) is 5.44. The molecule has 182 valence electrons. The number of azo groups is 1. The Morgan fingerprint density at radius 2 is 1.74 bits per heavy atom. The highest BCUT2D eigenvalue weighted by Crippen LogP contribution is 2.44. The van der Waals surface area contributed by atoms with Gasteiger partial charge in [0.2, 0.25) is 0 Å². The Morgan fingerprint density at radius 3 is 2.32 bits per heavy atom. The molecule has 15 heteroatoms. The van der Waals surface area contributed by atoms with Crippen LogP contribution in [0, 0.1) is 0 Å². The number of fused-ring (bicyclic) bond motifs is 1. The molecule has 0 saturated heterocycles. The summed E-state index contributed by atoms with van der Waals surface area (Å²) in [5, 5.41) is 30.4. The van der Waals surface area contributed by atoms with Crippen molar-refractivity contribution in [3.05, 3.63) is 42.5 Å². The zero-order valence-electron chi connectivity index (χ0n) is 17.4. The molecule has 0 fully saturated rings. The molecule has 0 amide bonds. The third-order valence-electron chi connectivity index (χ3n) is 4.54. The normalized spacial score (nSPS) is 12.6. The van der Waals surface area contributed by atoms with Crippen LogP contribution in [0.15, 0.2) is 67.4 Å². The van der Waals surface area contributed by atoms with Crippen molar-refractivity contribution in [2.45, 2.75) is 28.0 Å². The zero-order chi connectivity index (χ0) is 25.1. The molecule has 3 aromatic rings. The lowest BCUT2D eigenvalue weighted by atomic mass is 10.1. The van der Waals surface area contributed by atoms with Crippen LogP contribution < -0.4 is 5.73 Å². The van der Waals surface area contributed by atoms with Crippen LogP contribution in [-0.2, 0) is 29.3 Å². The third kappa shape index (κ3) is 5.64. The number of rotatable bonds is 9. The van der Waals surface area contributed by atoms with E-state index in [1.807, 2.05) is 0 Å². The second-order valence-electron chi connectivity index (χ2n) is 6.89. The molecule has 5 N–H and O–H groups in total. The fraction of sp³-hybridized carbons (Fsp3) is 0.158. The van der Waals surface area contributed by atoms with Crippen molar-refractivity contribution < 1.29 is 41.1 Å². The van der Waals surface area contributed by atoms with Gasteiger partial charge in [0, 0.05) is 4.90 Å². The van der Waals surface area contributed by atoms with Gasteiger partial charge in [-0.05, 0) is 54.3 Å². The van der Waals surface area contributed by atoms with E-state index in [4.69, 9.17) is 11.0 Å². The number of phenols is 1. The predicted molar refractivity (Wildman–Crippen MR) is 123 cm³/mol. The minimum Gasteiger partial charge on any atom is -0.507 e. The number of nitrogen functional groups attached to an aromatic ring is 1. The maximum absolute atomic E-state index is 12.2. The van der Waals surface area contributed by atoms with Crippen LogP contribution in [0.4, 0.5) is 17.1 Å². The maximum Gasteiger partial charge on any atom is 0.296 e. The molecule has 0 heterocycles. The minimum atomic E-state index is -4.78. The van der Waals surface area contributed by atoms with Gasteiger partial charge in [-0.15, -0.1) is 9.45 Å². The number of benzene rings is 3. The van der Waals surface area contributed by atoms with E-state index in [1.165, 1.54) is 36.4 Å². The highest BCUT2D eigenvalue weighted by molar-refractivity contribution is 7.94. The van der Waals surface area contributed by atoms with Crippen molar-refractivity contribution in [1.29, 1.82) is 0 Å². The average Bonchev–Trinajstić information content (AvgIpc) is 2.76. The summed E-state index contributed by atoms with van der Waals surface area (Å²) < 4.78 is 61.9. The SMILES string of the molecule is CCCS(=O)(=O)c1ccc(N=Nc2c(N)c(S(=O)(=O)O)cc3cc(SOOO)cc(O)c23)cc1. The fourth-order valence-corrected chi connectivity index (χ4v) is 5.52. The van der Waals surface area contributed by atoms with E-state index in [0.29, 0.717) is 18.5 Å². The Bertz CT molecular complexity index is 1460. The van der Waals surface area contributed by atoms with Gasteiger partial charge in [0.05, 0.1) is 39.5 Å². The van der Waals surface area contributed by atoms with Gasteiger partial charge in [-0.2, -0.15) is 13.5 Å². The Balaban J connectivity index is 2.13. The van der Waals surface area contributed by atoms with E-state index < -0.39 is 30.5 Å². The summed E-state index contributed by atoms with van der Waals surface area (Å²) in [6.45, 7) is 1.75. The van der Waals surface area contributed by atoms with Crippen LogP contribution in [0.2, 0.25) is 0 Å². The number of nitrogens with two attached hydrogens (primary N) is 1. The lowest BCUT2D eigenvalue weighted by Crippen LogP contribution is -2.05. The van der Waals surface area contributed by atoms with Gasteiger partial charge < -0.3 is 10.8 Å². The number of nitrogens with zero attached hydrogens (tertiary/aromatic N) is 2. The molecule has 0 spiro atoms. The van der Waals surface area contributed by atoms with Crippen LogP contribution >= 0.6 is 12.0 Å². The third-order valence-corrected chi connectivity index (χ3v) is 7.93. The maximum atomic E-state index is 12.2. The van der Waals surface area contributed by atoms with E-state index in [1.54, 1.807) is 6.92 Å². The molecule has 0 bridgehead atoms. The molecular formula is C19H19N3O9S3. The zero-order valence-corrected chi connectivity index (χ0v) is 19.9. The topological polar surface area (TPSA) is 198 Å². The van der Waals surface area contributed by atoms with Crippen molar-refractivity contribution in [3.63, 3.8) is 0 Å². The molecule has 0 aromatic heterocycles. The van der Waals surface area contributed by atoms with Crippen molar-refractivity contribution in [2.75, 3.05) is 11.5 Å². The van der Waals surface area contributed by atoms with E-state index in [0.717, 1.165) is 6.07 Å². The van der Waals surface area contributed by atoms with Gasteiger partial charge in [-0.3, -0.25) is 4.55 Å².